The lowest BCUT2D eigenvalue weighted by molar-refractivity contribution is -0.136. The molecule has 0 bridgehead atoms. The van der Waals surface area contributed by atoms with Gasteiger partial charge in [-0.3, -0.25) is 4.79 Å². The molecule has 0 saturated heterocycles. The maximum atomic E-state index is 12.4. The van der Waals surface area contributed by atoms with Crippen LogP contribution < -0.4 is 0 Å². The number of benzene rings is 1. The van der Waals surface area contributed by atoms with E-state index < -0.39 is 5.97 Å². The molecule has 1 aromatic heterocycles. The third-order valence-corrected chi connectivity index (χ3v) is 4.09. The molecule has 5 nitrogen and oxygen atoms in total. The fraction of sp³-hybridized carbons (Fsp3) is 0.333. The summed E-state index contributed by atoms with van der Waals surface area (Å²) in [5, 5.41) is 1.09. The van der Waals surface area contributed by atoms with Crippen LogP contribution in [0.5, 0.6) is 0 Å². The van der Waals surface area contributed by atoms with Crippen molar-refractivity contribution in [3.63, 3.8) is 0 Å². The maximum absolute atomic E-state index is 12.4. The molecule has 0 saturated carbocycles. The lowest BCUT2D eigenvalue weighted by Crippen LogP contribution is -2.27. The molecule has 0 atom stereocenters. The van der Waals surface area contributed by atoms with Crippen molar-refractivity contribution in [2.75, 3.05) is 13.2 Å². The molecule has 0 unspecified atom stereocenters. The van der Waals surface area contributed by atoms with E-state index in [1.54, 1.807) is 18.0 Å². The number of esters is 1. The average Bonchev–Trinajstić information content (AvgIpc) is 2.82. The molecule has 1 aliphatic rings. The van der Waals surface area contributed by atoms with E-state index >= 15 is 0 Å². The van der Waals surface area contributed by atoms with E-state index in [2.05, 4.69) is 4.98 Å². The van der Waals surface area contributed by atoms with Gasteiger partial charge < -0.3 is 14.6 Å². The molecule has 2 heterocycles. The summed E-state index contributed by atoms with van der Waals surface area (Å²) in [5.41, 5.74) is 3.22. The molecule has 5 heteroatoms. The number of carbonyl (C=O) groups is 2. The zero-order valence-electron chi connectivity index (χ0n) is 13.4. The van der Waals surface area contributed by atoms with Crippen LogP contribution in [0.4, 0.5) is 0 Å². The van der Waals surface area contributed by atoms with Gasteiger partial charge >= 0.3 is 5.97 Å². The summed E-state index contributed by atoms with van der Waals surface area (Å²) in [6.45, 7) is 4.45. The molecule has 2 aromatic rings. The van der Waals surface area contributed by atoms with E-state index in [0.29, 0.717) is 31.6 Å². The van der Waals surface area contributed by atoms with Crippen LogP contribution in [-0.2, 0) is 20.7 Å². The first-order valence-electron chi connectivity index (χ1n) is 7.94. The lowest BCUT2D eigenvalue weighted by atomic mass is 10.0. The number of hydrogen-bond acceptors (Lipinski definition) is 3. The SMILES string of the molecule is CCOC(=O)C1=CN(C(=O)CC)CCc2c1[nH]c1ccccc21. The van der Waals surface area contributed by atoms with Gasteiger partial charge in [0.2, 0.25) is 5.91 Å². The van der Waals surface area contributed by atoms with Crippen molar-refractivity contribution < 1.29 is 14.3 Å². The van der Waals surface area contributed by atoms with E-state index in [1.165, 1.54) is 0 Å². The van der Waals surface area contributed by atoms with Crippen LogP contribution in [0.1, 0.15) is 31.5 Å². The largest absolute Gasteiger partial charge is 0.462 e. The van der Waals surface area contributed by atoms with Crippen molar-refractivity contribution in [3.05, 3.63) is 41.7 Å². The Morgan fingerprint density at radius 2 is 2.04 bits per heavy atom. The number of H-pyrrole nitrogens is 1. The zero-order valence-corrected chi connectivity index (χ0v) is 13.4. The van der Waals surface area contributed by atoms with Crippen molar-refractivity contribution in [1.29, 1.82) is 0 Å². The molecule has 23 heavy (non-hydrogen) atoms. The van der Waals surface area contributed by atoms with Crippen LogP contribution >= 0.6 is 0 Å². The van der Waals surface area contributed by atoms with Gasteiger partial charge in [-0.1, -0.05) is 25.1 Å². The van der Waals surface area contributed by atoms with Crippen LogP contribution in [0, 0.1) is 0 Å². The number of nitrogens with zero attached hydrogens (tertiary/aromatic N) is 1. The van der Waals surface area contributed by atoms with Crippen LogP contribution in [0.2, 0.25) is 0 Å². The van der Waals surface area contributed by atoms with Gasteiger partial charge in [-0.05, 0) is 25.0 Å². The Hall–Kier alpha value is -2.56. The molecule has 0 radical (unpaired) electrons. The van der Waals surface area contributed by atoms with Crippen molar-refractivity contribution in [1.82, 2.24) is 9.88 Å². The van der Waals surface area contributed by atoms with Crippen LogP contribution in [-0.4, -0.2) is 34.9 Å². The van der Waals surface area contributed by atoms with Crippen molar-refractivity contribution >= 4 is 28.4 Å². The Labute approximate surface area is 134 Å². The Bertz CT molecular complexity index is 789. The molecular formula is C18H20N2O3. The van der Waals surface area contributed by atoms with Gasteiger partial charge in [-0.15, -0.1) is 0 Å². The van der Waals surface area contributed by atoms with E-state index in [1.807, 2.05) is 31.2 Å². The fourth-order valence-electron chi connectivity index (χ4n) is 2.97. The first-order valence-corrected chi connectivity index (χ1v) is 7.94. The van der Waals surface area contributed by atoms with Gasteiger partial charge in [0.25, 0.3) is 0 Å². The summed E-state index contributed by atoms with van der Waals surface area (Å²) in [5.74, 6) is -0.405. The molecule has 0 aliphatic carbocycles. The third-order valence-electron chi connectivity index (χ3n) is 4.09. The Morgan fingerprint density at radius 3 is 2.78 bits per heavy atom. The molecule has 1 N–H and O–H groups in total. The standard InChI is InChI=1S/C18H20N2O3/c1-3-16(21)20-10-9-13-12-7-5-6-8-15(12)19-17(13)14(11-20)18(22)23-4-2/h5-8,11,19H,3-4,9-10H2,1-2H3. The van der Waals surface area contributed by atoms with Crippen molar-refractivity contribution in [2.24, 2.45) is 0 Å². The average molecular weight is 312 g/mol. The van der Waals surface area contributed by atoms with Crippen LogP contribution in [0.25, 0.3) is 16.5 Å². The number of nitrogens with one attached hydrogen (secondary N) is 1. The molecule has 0 spiro atoms. The van der Waals surface area contributed by atoms with Gasteiger partial charge in [0, 0.05) is 30.1 Å². The smallest absolute Gasteiger partial charge is 0.341 e. The topological polar surface area (TPSA) is 62.4 Å². The van der Waals surface area contributed by atoms with E-state index in [4.69, 9.17) is 4.74 Å². The van der Waals surface area contributed by atoms with Gasteiger partial charge in [0.1, 0.15) is 0 Å². The number of carbonyl (C=O) groups excluding carboxylic acids is 2. The lowest BCUT2D eigenvalue weighted by Gasteiger charge is -2.16. The number of rotatable bonds is 3. The Morgan fingerprint density at radius 1 is 1.26 bits per heavy atom. The minimum atomic E-state index is -0.406. The maximum Gasteiger partial charge on any atom is 0.341 e. The number of hydrogen-bond donors (Lipinski definition) is 1. The van der Waals surface area contributed by atoms with Gasteiger partial charge in [0.15, 0.2) is 0 Å². The predicted octanol–water partition coefficient (Wildman–Crippen LogP) is 2.87. The minimum absolute atomic E-state index is 0.00116. The quantitative estimate of drug-likeness (QED) is 0.887. The van der Waals surface area contributed by atoms with E-state index in [9.17, 15) is 9.59 Å². The zero-order chi connectivity index (χ0) is 16.4. The number of aromatic nitrogens is 1. The number of fused-ring (bicyclic) bond motifs is 3. The number of aromatic amines is 1. The van der Waals surface area contributed by atoms with Crippen LogP contribution in [0.3, 0.4) is 0 Å². The van der Waals surface area contributed by atoms with Gasteiger partial charge in [0.05, 0.1) is 17.9 Å². The highest BCUT2D eigenvalue weighted by Crippen LogP contribution is 2.31. The normalized spacial score (nSPS) is 14.2. The Balaban J connectivity index is 2.14. The monoisotopic (exact) mass is 312 g/mol. The second-order valence-corrected chi connectivity index (χ2v) is 5.48. The van der Waals surface area contributed by atoms with Crippen molar-refractivity contribution in [2.45, 2.75) is 26.7 Å². The summed E-state index contributed by atoms with van der Waals surface area (Å²) >= 11 is 0. The second kappa shape index (κ2) is 6.28. The van der Waals surface area contributed by atoms with Gasteiger partial charge in [-0.25, -0.2) is 4.79 Å². The molecular weight excluding hydrogens is 292 g/mol. The summed E-state index contributed by atoms with van der Waals surface area (Å²) < 4.78 is 5.19. The molecule has 120 valence electrons. The first kappa shape index (κ1) is 15.3. The molecule has 3 rings (SSSR count). The summed E-state index contributed by atoms with van der Waals surface area (Å²) in [6.07, 6.45) is 2.73. The Kier molecular flexibility index (Phi) is 4.19. The van der Waals surface area contributed by atoms with Crippen molar-refractivity contribution in [3.8, 4) is 0 Å². The molecule has 1 amide bonds. The number of para-hydroxylation sites is 1. The van der Waals surface area contributed by atoms with Crippen LogP contribution in [0.15, 0.2) is 30.5 Å². The number of ether oxygens (including phenoxy) is 1. The predicted molar refractivity (Wildman–Crippen MR) is 88.6 cm³/mol. The molecule has 0 fully saturated rings. The molecule has 1 aliphatic heterocycles. The van der Waals surface area contributed by atoms with Gasteiger partial charge in [-0.2, -0.15) is 0 Å². The number of amides is 1. The first-order chi connectivity index (χ1) is 11.2. The minimum Gasteiger partial charge on any atom is -0.462 e. The highest BCUT2D eigenvalue weighted by molar-refractivity contribution is 6.18. The third kappa shape index (κ3) is 2.74. The summed E-state index contributed by atoms with van der Waals surface area (Å²) in [6, 6.07) is 7.95. The van der Waals surface area contributed by atoms with E-state index in [0.717, 1.165) is 22.2 Å². The summed E-state index contributed by atoms with van der Waals surface area (Å²) in [4.78, 5) is 29.4. The van der Waals surface area contributed by atoms with E-state index in [-0.39, 0.29) is 5.91 Å². The fourth-order valence-corrected chi connectivity index (χ4v) is 2.97. The second-order valence-electron chi connectivity index (χ2n) is 5.48. The summed E-state index contributed by atoms with van der Waals surface area (Å²) in [7, 11) is 0. The highest BCUT2D eigenvalue weighted by Gasteiger charge is 2.26. The molecule has 1 aromatic carbocycles. The highest BCUT2D eigenvalue weighted by atomic mass is 16.5.